The molecule has 3 aromatic rings. The first-order chi connectivity index (χ1) is 12.8. The molecular weight excluding hydrogens is 366 g/mol. The number of carbonyl (C=O) groups excluding carboxylic acids is 1. The predicted octanol–water partition coefficient (Wildman–Crippen LogP) is 1.60. The largest absolute Gasteiger partial charge is 0.345 e. The summed E-state index contributed by atoms with van der Waals surface area (Å²) in [6.45, 7) is 3.39. The summed E-state index contributed by atoms with van der Waals surface area (Å²) in [5.74, 6) is 1.17. The highest BCUT2D eigenvalue weighted by atomic mass is 32.2. The summed E-state index contributed by atoms with van der Waals surface area (Å²) in [5, 5.41) is 0. The van der Waals surface area contributed by atoms with Gasteiger partial charge >= 0.3 is 0 Å². The number of aromatic amines is 1. The van der Waals surface area contributed by atoms with Gasteiger partial charge in [0, 0.05) is 37.9 Å². The Labute approximate surface area is 157 Å². The Hall–Kier alpha value is -2.42. The maximum Gasteiger partial charge on any atom is 0.223 e. The minimum atomic E-state index is -3.15. The summed E-state index contributed by atoms with van der Waals surface area (Å²) in [5.41, 5.74) is 2.68. The third-order valence-electron chi connectivity index (χ3n) is 5.42. The van der Waals surface area contributed by atoms with Crippen molar-refractivity contribution in [3.8, 4) is 0 Å². The Morgan fingerprint density at radius 3 is 2.89 bits per heavy atom. The lowest BCUT2D eigenvalue weighted by molar-refractivity contribution is -0.132. The molecule has 27 heavy (non-hydrogen) atoms. The number of imidazole rings is 1. The maximum atomic E-state index is 12.5. The van der Waals surface area contributed by atoms with Crippen LogP contribution in [0, 0.1) is 5.92 Å². The van der Waals surface area contributed by atoms with Crippen molar-refractivity contribution in [2.24, 2.45) is 5.92 Å². The van der Waals surface area contributed by atoms with Gasteiger partial charge in [-0.25, -0.2) is 18.4 Å². The molecule has 0 unspecified atom stereocenters. The molecule has 1 fully saturated rings. The van der Waals surface area contributed by atoms with E-state index in [1.54, 1.807) is 11.1 Å². The molecule has 0 aromatic carbocycles. The monoisotopic (exact) mass is 389 g/mol. The molecule has 9 heteroatoms. The summed E-state index contributed by atoms with van der Waals surface area (Å²) >= 11 is 0. The van der Waals surface area contributed by atoms with Gasteiger partial charge in [-0.3, -0.25) is 9.20 Å². The van der Waals surface area contributed by atoms with Crippen molar-refractivity contribution in [1.29, 1.82) is 0 Å². The molecule has 0 saturated carbocycles. The van der Waals surface area contributed by atoms with E-state index in [2.05, 4.69) is 26.3 Å². The van der Waals surface area contributed by atoms with E-state index >= 15 is 0 Å². The molecule has 144 valence electrons. The quantitative estimate of drug-likeness (QED) is 0.730. The van der Waals surface area contributed by atoms with Gasteiger partial charge in [-0.2, -0.15) is 0 Å². The number of hydrogen-bond acceptors (Lipinski definition) is 5. The second-order valence-corrected chi connectivity index (χ2v) is 9.70. The van der Waals surface area contributed by atoms with Crippen LogP contribution in [0.1, 0.15) is 31.5 Å². The van der Waals surface area contributed by atoms with Crippen LogP contribution in [0.3, 0.4) is 0 Å². The second kappa shape index (κ2) is 6.63. The zero-order valence-electron chi connectivity index (χ0n) is 15.4. The summed E-state index contributed by atoms with van der Waals surface area (Å²) < 4.78 is 24.8. The smallest absolute Gasteiger partial charge is 0.223 e. The number of sulfone groups is 1. The molecule has 1 aliphatic heterocycles. The van der Waals surface area contributed by atoms with E-state index in [9.17, 15) is 13.2 Å². The highest BCUT2D eigenvalue weighted by Gasteiger charge is 2.33. The molecule has 0 radical (unpaired) electrons. The van der Waals surface area contributed by atoms with Gasteiger partial charge in [0.05, 0.1) is 29.2 Å². The topological polar surface area (TPSA) is 100 Å². The number of nitrogens with zero attached hydrogens (tertiary/aromatic N) is 4. The Morgan fingerprint density at radius 2 is 2.11 bits per heavy atom. The van der Waals surface area contributed by atoms with E-state index in [0.29, 0.717) is 19.0 Å². The summed E-state index contributed by atoms with van der Waals surface area (Å²) in [6.07, 6.45) is 7.52. The number of rotatable bonds is 4. The van der Waals surface area contributed by atoms with Crippen LogP contribution in [-0.4, -0.2) is 63.7 Å². The number of H-pyrrole nitrogens is 1. The van der Waals surface area contributed by atoms with Crippen molar-refractivity contribution >= 4 is 32.4 Å². The Morgan fingerprint density at radius 1 is 1.33 bits per heavy atom. The number of likely N-dealkylation sites (tertiary alicyclic amines) is 1. The van der Waals surface area contributed by atoms with E-state index in [4.69, 9.17) is 0 Å². The standard InChI is InChI=1S/C18H23N5O3S/c1-12-4-7-22(16(24)5-8-27(2,25)26)11-14(12)18-21-10-13-9-20-17-15(23(13)18)3-6-19-17/h3,6,9-10,12,14,19H,4-5,7-8,11H2,1-2H3/t12-,14+/m1/s1. The van der Waals surface area contributed by atoms with Crippen molar-refractivity contribution in [3.05, 3.63) is 30.5 Å². The Bertz CT molecular complexity index is 1100. The Balaban J connectivity index is 1.64. The lowest BCUT2D eigenvalue weighted by Crippen LogP contribution is -2.43. The molecule has 1 saturated heterocycles. The van der Waals surface area contributed by atoms with Crippen LogP contribution >= 0.6 is 0 Å². The number of fused-ring (bicyclic) bond motifs is 3. The Kier molecular flexibility index (Phi) is 4.41. The number of carbonyl (C=O) groups is 1. The fourth-order valence-electron chi connectivity index (χ4n) is 3.82. The molecule has 1 amide bonds. The lowest BCUT2D eigenvalue weighted by atomic mass is 9.86. The van der Waals surface area contributed by atoms with Crippen LogP contribution < -0.4 is 0 Å². The van der Waals surface area contributed by atoms with Crippen molar-refractivity contribution in [2.75, 3.05) is 25.1 Å². The minimum Gasteiger partial charge on any atom is -0.345 e. The third kappa shape index (κ3) is 3.43. The maximum absolute atomic E-state index is 12.5. The van der Waals surface area contributed by atoms with E-state index in [-0.39, 0.29) is 24.0 Å². The van der Waals surface area contributed by atoms with Gasteiger partial charge in [0.1, 0.15) is 15.7 Å². The molecule has 4 heterocycles. The van der Waals surface area contributed by atoms with E-state index in [0.717, 1.165) is 35.2 Å². The van der Waals surface area contributed by atoms with Gasteiger partial charge in [-0.05, 0) is 18.4 Å². The van der Waals surface area contributed by atoms with Crippen molar-refractivity contribution in [1.82, 2.24) is 24.3 Å². The molecule has 8 nitrogen and oxygen atoms in total. The number of amides is 1. The molecule has 3 aromatic heterocycles. The summed E-state index contributed by atoms with van der Waals surface area (Å²) in [4.78, 5) is 26.5. The first-order valence-electron chi connectivity index (χ1n) is 9.08. The highest BCUT2D eigenvalue weighted by molar-refractivity contribution is 7.90. The number of hydrogen-bond donors (Lipinski definition) is 1. The molecule has 0 aliphatic carbocycles. The lowest BCUT2D eigenvalue weighted by Gasteiger charge is -2.36. The fourth-order valence-corrected chi connectivity index (χ4v) is 4.37. The summed E-state index contributed by atoms with van der Waals surface area (Å²) in [6, 6.07) is 1.98. The van der Waals surface area contributed by atoms with E-state index < -0.39 is 9.84 Å². The molecule has 1 aliphatic rings. The van der Waals surface area contributed by atoms with Crippen LogP contribution in [0.15, 0.2) is 24.7 Å². The fraction of sp³-hybridized carbons (Fsp3) is 0.500. The van der Waals surface area contributed by atoms with Gasteiger partial charge in [0.2, 0.25) is 5.91 Å². The highest BCUT2D eigenvalue weighted by Crippen LogP contribution is 2.33. The van der Waals surface area contributed by atoms with Crippen LogP contribution in [-0.2, 0) is 14.6 Å². The van der Waals surface area contributed by atoms with Crippen LogP contribution in [0.25, 0.3) is 16.7 Å². The zero-order valence-corrected chi connectivity index (χ0v) is 16.2. The van der Waals surface area contributed by atoms with E-state index in [1.807, 2.05) is 18.5 Å². The first-order valence-corrected chi connectivity index (χ1v) is 11.1. The number of piperidine rings is 1. The van der Waals surface area contributed by atoms with Crippen LogP contribution in [0.2, 0.25) is 0 Å². The average molecular weight is 389 g/mol. The van der Waals surface area contributed by atoms with Gasteiger partial charge in [0.15, 0.2) is 5.65 Å². The number of nitrogens with one attached hydrogen (secondary N) is 1. The molecule has 4 rings (SSSR count). The molecular formula is C18H23N5O3S. The molecule has 0 spiro atoms. The van der Waals surface area contributed by atoms with Crippen LogP contribution in [0.4, 0.5) is 0 Å². The van der Waals surface area contributed by atoms with Crippen molar-refractivity contribution < 1.29 is 13.2 Å². The average Bonchev–Trinajstić information content (AvgIpc) is 3.25. The van der Waals surface area contributed by atoms with Crippen LogP contribution in [0.5, 0.6) is 0 Å². The van der Waals surface area contributed by atoms with Gasteiger partial charge < -0.3 is 9.88 Å². The van der Waals surface area contributed by atoms with E-state index in [1.165, 1.54) is 0 Å². The van der Waals surface area contributed by atoms with Crippen molar-refractivity contribution in [3.63, 3.8) is 0 Å². The number of aromatic nitrogens is 4. The zero-order chi connectivity index (χ0) is 19.2. The van der Waals surface area contributed by atoms with Crippen molar-refractivity contribution in [2.45, 2.75) is 25.7 Å². The predicted molar refractivity (Wildman–Crippen MR) is 102 cm³/mol. The molecule has 2 atom stereocenters. The molecule has 0 bridgehead atoms. The van der Waals surface area contributed by atoms with Gasteiger partial charge in [-0.1, -0.05) is 6.92 Å². The second-order valence-electron chi connectivity index (χ2n) is 7.44. The summed E-state index contributed by atoms with van der Waals surface area (Å²) in [7, 11) is -3.15. The normalized spacial score (nSPS) is 21.2. The minimum absolute atomic E-state index is 0.0360. The van der Waals surface area contributed by atoms with Gasteiger partial charge in [0.25, 0.3) is 0 Å². The van der Waals surface area contributed by atoms with Gasteiger partial charge in [-0.15, -0.1) is 0 Å². The first kappa shape index (κ1) is 18.0. The molecule has 1 N–H and O–H groups in total. The SMILES string of the molecule is C[C@@H]1CCN(C(=O)CCS(C)(=O)=O)C[C@@H]1c1ncc2cnc3[nH]ccc3n12. The third-order valence-corrected chi connectivity index (χ3v) is 6.36.